The second-order valence-electron chi connectivity index (χ2n) is 8.48. The molecule has 0 bridgehead atoms. The van der Waals surface area contributed by atoms with Gasteiger partial charge in [0.2, 0.25) is 11.8 Å². The predicted molar refractivity (Wildman–Crippen MR) is 149 cm³/mol. The number of pyridine rings is 2. The van der Waals surface area contributed by atoms with Crippen LogP contribution in [0.3, 0.4) is 0 Å². The van der Waals surface area contributed by atoms with E-state index >= 15 is 0 Å². The van der Waals surface area contributed by atoms with E-state index < -0.39 is 0 Å². The number of benzene rings is 2. The molecule has 37 heavy (non-hydrogen) atoms. The molecule has 9 heteroatoms. The molecule has 2 aromatic carbocycles. The molecule has 0 radical (unpaired) electrons. The van der Waals surface area contributed by atoms with Crippen LogP contribution in [0, 0.1) is 13.8 Å². The second kappa shape index (κ2) is 9.44. The summed E-state index contributed by atoms with van der Waals surface area (Å²) >= 11 is 1.69. The third-order valence-corrected chi connectivity index (χ3v) is 6.93. The molecule has 0 aliphatic carbocycles. The molecule has 0 amide bonds. The van der Waals surface area contributed by atoms with E-state index in [1.807, 2.05) is 56.3 Å². The molecule has 0 atom stereocenters. The molecule has 6 rings (SSSR count). The van der Waals surface area contributed by atoms with Gasteiger partial charge in [0.15, 0.2) is 0 Å². The number of rotatable bonds is 6. The lowest BCUT2D eigenvalue weighted by atomic mass is 10.1. The summed E-state index contributed by atoms with van der Waals surface area (Å²) in [6, 6.07) is 17.9. The quantitative estimate of drug-likeness (QED) is 0.252. The summed E-state index contributed by atoms with van der Waals surface area (Å²) in [5.41, 5.74) is 4.38. The topological polar surface area (TPSA) is 97.7 Å². The van der Waals surface area contributed by atoms with Gasteiger partial charge in [0.1, 0.15) is 11.6 Å². The molecule has 182 valence electrons. The van der Waals surface area contributed by atoms with Gasteiger partial charge in [-0.2, -0.15) is 0 Å². The van der Waals surface area contributed by atoms with Crippen LogP contribution in [0.1, 0.15) is 10.6 Å². The first-order valence-electron chi connectivity index (χ1n) is 11.8. The van der Waals surface area contributed by atoms with Crippen molar-refractivity contribution >= 4 is 49.8 Å². The van der Waals surface area contributed by atoms with Gasteiger partial charge in [0, 0.05) is 42.1 Å². The summed E-state index contributed by atoms with van der Waals surface area (Å²) in [6.45, 7) is 4.04. The molecule has 0 saturated heterocycles. The van der Waals surface area contributed by atoms with Gasteiger partial charge in [-0.3, -0.25) is 0 Å². The Bertz CT molecular complexity index is 1770. The maximum absolute atomic E-state index is 6.49. The predicted octanol–water partition coefficient (Wildman–Crippen LogP) is 6.89. The lowest BCUT2D eigenvalue weighted by Crippen LogP contribution is -2.00. The van der Waals surface area contributed by atoms with E-state index in [1.165, 1.54) is 0 Å². The molecule has 2 N–H and O–H groups in total. The van der Waals surface area contributed by atoms with Crippen LogP contribution >= 0.6 is 11.3 Å². The Hall–Kier alpha value is -4.63. The lowest BCUT2D eigenvalue weighted by molar-refractivity contribution is 0.466. The van der Waals surface area contributed by atoms with Crippen LogP contribution in [0.5, 0.6) is 11.6 Å². The Morgan fingerprint density at radius 2 is 1.73 bits per heavy atom. The van der Waals surface area contributed by atoms with Crippen LogP contribution in [-0.4, -0.2) is 32.0 Å². The summed E-state index contributed by atoms with van der Waals surface area (Å²) in [7, 11) is 1.79. The number of nitrogens with zero attached hydrogens (tertiary/aromatic N) is 5. The molecule has 6 aromatic rings. The molecule has 0 aliphatic rings. The highest BCUT2D eigenvalue weighted by Gasteiger charge is 2.16. The fourth-order valence-corrected chi connectivity index (χ4v) is 5.03. The third-order valence-electron chi connectivity index (χ3n) is 5.98. The van der Waals surface area contributed by atoms with Gasteiger partial charge in [-0.25, -0.2) is 24.9 Å². The van der Waals surface area contributed by atoms with Gasteiger partial charge in [-0.05, 0) is 61.9 Å². The van der Waals surface area contributed by atoms with Crippen LogP contribution in [0.25, 0.3) is 32.2 Å². The number of nitrogens with one attached hydrogen (secondary N) is 2. The third kappa shape index (κ3) is 4.41. The highest BCUT2D eigenvalue weighted by Crippen LogP contribution is 2.38. The maximum atomic E-state index is 6.49. The number of anilines is 3. The fourth-order valence-electron chi connectivity index (χ4n) is 4.22. The summed E-state index contributed by atoms with van der Waals surface area (Å²) in [4.78, 5) is 22.6. The van der Waals surface area contributed by atoms with Gasteiger partial charge in [-0.1, -0.05) is 12.1 Å². The molecule has 0 spiro atoms. The van der Waals surface area contributed by atoms with Crippen molar-refractivity contribution in [2.75, 3.05) is 17.7 Å². The number of hydrogen-bond donors (Lipinski definition) is 2. The average molecular weight is 506 g/mol. The van der Waals surface area contributed by atoms with E-state index in [4.69, 9.17) is 4.74 Å². The van der Waals surface area contributed by atoms with Crippen molar-refractivity contribution < 1.29 is 4.74 Å². The van der Waals surface area contributed by atoms with Crippen molar-refractivity contribution in [2.24, 2.45) is 0 Å². The monoisotopic (exact) mass is 505 g/mol. The number of ether oxygens (including phenoxy) is 1. The summed E-state index contributed by atoms with van der Waals surface area (Å²) in [6.07, 6.45) is 5.21. The van der Waals surface area contributed by atoms with E-state index in [0.29, 0.717) is 11.8 Å². The lowest BCUT2D eigenvalue weighted by Gasteiger charge is -2.16. The van der Waals surface area contributed by atoms with Crippen molar-refractivity contribution in [3.8, 4) is 22.9 Å². The molecule has 4 aromatic heterocycles. The van der Waals surface area contributed by atoms with Gasteiger partial charge >= 0.3 is 0 Å². The normalized spacial score (nSPS) is 11.1. The Morgan fingerprint density at radius 1 is 0.838 bits per heavy atom. The number of fused-ring (bicyclic) bond motifs is 2. The zero-order chi connectivity index (χ0) is 25.4. The zero-order valence-corrected chi connectivity index (χ0v) is 21.3. The van der Waals surface area contributed by atoms with Crippen molar-refractivity contribution in [1.82, 2.24) is 24.9 Å². The Labute approximate surface area is 217 Å². The fraction of sp³-hybridized carbons (Fsp3) is 0.107. The molecule has 0 saturated carbocycles. The number of thiazole rings is 1. The molecule has 4 heterocycles. The molecule has 0 aliphatic heterocycles. The molecule has 8 nitrogen and oxygen atoms in total. The van der Waals surface area contributed by atoms with E-state index in [9.17, 15) is 0 Å². The van der Waals surface area contributed by atoms with Crippen LogP contribution in [0.15, 0.2) is 73.2 Å². The van der Waals surface area contributed by atoms with Crippen LogP contribution in [-0.2, 0) is 0 Å². The van der Waals surface area contributed by atoms with Crippen molar-refractivity contribution in [3.05, 3.63) is 83.8 Å². The highest BCUT2D eigenvalue weighted by molar-refractivity contribution is 7.18. The minimum atomic E-state index is 0.467. The van der Waals surface area contributed by atoms with E-state index in [1.54, 1.807) is 37.0 Å². The Morgan fingerprint density at radius 3 is 2.62 bits per heavy atom. The largest absolute Gasteiger partial charge is 0.437 e. The summed E-state index contributed by atoms with van der Waals surface area (Å²) in [5.74, 6) is 2.46. The second-order valence-corrected chi connectivity index (χ2v) is 9.72. The minimum absolute atomic E-state index is 0.467. The van der Waals surface area contributed by atoms with Crippen molar-refractivity contribution in [3.63, 3.8) is 0 Å². The zero-order valence-electron chi connectivity index (χ0n) is 20.5. The first kappa shape index (κ1) is 22.8. The number of aromatic nitrogens is 5. The van der Waals surface area contributed by atoms with Crippen LogP contribution in [0.2, 0.25) is 0 Å². The smallest absolute Gasteiger partial charge is 0.228 e. The average Bonchev–Trinajstić information content (AvgIpc) is 3.30. The Balaban J connectivity index is 1.40. The van der Waals surface area contributed by atoms with Gasteiger partial charge < -0.3 is 15.4 Å². The molecule has 0 fully saturated rings. The maximum Gasteiger partial charge on any atom is 0.228 e. The molecule has 0 unspecified atom stereocenters. The summed E-state index contributed by atoms with van der Waals surface area (Å²) < 4.78 is 7.65. The van der Waals surface area contributed by atoms with E-state index in [-0.39, 0.29) is 0 Å². The Kier molecular flexibility index (Phi) is 5.82. The minimum Gasteiger partial charge on any atom is -0.437 e. The van der Waals surface area contributed by atoms with Crippen LogP contribution < -0.4 is 15.4 Å². The standard InChI is InChI=1S/C28H23N7OS/c1-16-6-8-20-19(10-13-30-26(20)34-18-7-9-24-23(15-18)33-17(2)37-24)25(16)36-27-21(5-4-12-31-27)22-11-14-32-28(29-3)35-22/h4-15H,1-3H3,(H,30,34)(H,29,32,35). The SMILES string of the molecule is CNc1nccc(-c2cccnc2Oc2c(C)ccc3c(Nc4ccc5sc(C)nc5c4)nccc23)n1. The molecular formula is C28H23N7OS. The van der Waals surface area contributed by atoms with Crippen LogP contribution in [0.4, 0.5) is 17.5 Å². The van der Waals surface area contributed by atoms with Gasteiger partial charge in [0.25, 0.3) is 0 Å². The van der Waals surface area contributed by atoms with Gasteiger partial charge in [-0.15, -0.1) is 11.3 Å². The summed E-state index contributed by atoms with van der Waals surface area (Å²) in [5, 5.41) is 9.36. The first-order valence-corrected chi connectivity index (χ1v) is 12.6. The molecular weight excluding hydrogens is 482 g/mol. The number of hydrogen-bond acceptors (Lipinski definition) is 9. The van der Waals surface area contributed by atoms with Gasteiger partial charge in [0.05, 0.1) is 26.5 Å². The van der Waals surface area contributed by atoms with Crippen molar-refractivity contribution in [1.29, 1.82) is 0 Å². The van der Waals surface area contributed by atoms with Crippen molar-refractivity contribution in [2.45, 2.75) is 13.8 Å². The van der Waals surface area contributed by atoms with E-state index in [2.05, 4.69) is 47.7 Å². The first-order chi connectivity index (χ1) is 18.1. The number of aryl methyl sites for hydroxylation is 2. The van der Waals surface area contributed by atoms with E-state index in [0.717, 1.165) is 60.1 Å². The highest BCUT2D eigenvalue weighted by atomic mass is 32.1.